The maximum Gasteiger partial charge on any atom is 0.270 e. The number of aromatic nitrogens is 3. The van der Waals surface area contributed by atoms with E-state index < -0.39 is 4.92 Å². The highest BCUT2D eigenvalue weighted by atomic mass is 35.5. The summed E-state index contributed by atoms with van der Waals surface area (Å²) in [7, 11) is 0. The normalized spacial score (nSPS) is 14.0. The van der Waals surface area contributed by atoms with Gasteiger partial charge in [0.1, 0.15) is 5.15 Å². The molecule has 4 aromatic rings. The molecule has 0 aliphatic carbocycles. The Bertz CT molecular complexity index is 1460. The molecule has 36 heavy (non-hydrogen) atoms. The molecule has 0 radical (unpaired) electrons. The fourth-order valence-corrected chi connectivity index (χ4v) is 4.21. The van der Waals surface area contributed by atoms with Gasteiger partial charge in [-0.15, -0.1) is 0 Å². The summed E-state index contributed by atoms with van der Waals surface area (Å²) >= 11 is 6.52. The number of amides is 1. The summed E-state index contributed by atoms with van der Waals surface area (Å²) in [5.74, 6) is -0.210. The Morgan fingerprint density at radius 1 is 1.03 bits per heavy atom. The van der Waals surface area contributed by atoms with E-state index in [1.807, 2.05) is 35.2 Å². The molecule has 2 aromatic heterocycles. The molecular formula is C25H21ClN6O4. The number of anilines is 1. The molecule has 0 saturated carbocycles. The van der Waals surface area contributed by atoms with Crippen LogP contribution < -0.4 is 5.32 Å². The lowest BCUT2D eigenvalue weighted by atomic mass is 10.1. The average molecular weight is 505 g/mol. The van der Waals surface area contributed by atoms with E-state index in [9.17, 15) is 14.9 Å². The van der Waals surface area contributed by atoms with E-state index in [1.165, 1.54) is 12.1 Å². The van der Waals surface area contributed by atoms with Crippen molar-refractivity contribution in [1.29, 1.82) is 0 Å². The molecule has 10 nitrogen and oxygen atoms in total. The molecule has 1 saturated heterocycles. The molecule has 5 rings (SSSR count). The minimum Gasteiger partial charge on any atom is -0.379 e. The molecule has 1 N–H and O–H groups in total. The first-order chi connectivity index (χ1) is 17.5. The fourth-order valence-electron chi connectivity index (χ4n) is 3.97. The van der Waals surface area contributed by atoms with Crippen LogP contribution in [0, 0.1) is 10.1 Å². The smallest absolute Gasteiger partial charge is 0.270 e. The summed E-state index contributed by atoms with van der Waals surface area (Å²) in [6.07, 6.45) is 0. The van der Waals surface area contributed by atoms with Crippen molar-refractivity contribution in [2.45, 2.75) is 0 Å². The van der Waals surface area contributed by atoms with Crippen molar-refractivity contribution in [2.75, 3.05) is 38.2 Å². The summed E-state index contributed by atoms with van der Waals surface area (Å²) < 4.78 is 5.33. The summed E-state index contributed by atoms with van der Waals surface area (Å²) in [4.78, 5) is 39.1. The number of rotatable bonds is 6. The van der Waals surface area contributed by atoms with Gasteiger partial charge in [-0.1, -0.05) is 41.9 Å². The van der Waals surface area contributed by atoms with Crippen LogP contribution in [-0.2, 0) is 9.53 Å². The largest absolute Gasteiger partial charge is 0.379 e. The number of nitro groups is 1. The van der Waals surface area contributed by atoms with Crippen LogP contribution in [0.2, 0.25) is 5.15 Å². The number of non-ortho nitro benzene ring substituents is 1. The molecule has 11 heteroatoms. The molecule has 0 unspecified atom stereocenters. The Hall–Kier alpha value is -3.99. The zero-order chi connectivity index (χ0) is 25.1. The third-order valence-electron chi connectivity index (χ3n) is 5.75. The highest BCUT2D eigenvalue weighted by Gasteiger charge is 2.18. The first-order valence-electron chi connectivity index (χ1n) is 11.3. The van der Waals surface area contributed by atoms with E-state index in [0.29, 0.717) is 48.8 Å². The van der Waals surface area contributed by atoms with E-state index in [0.717, 1.165) is 10.9 Å². The zero-order valence-corrected chi connectivity index (χ0v) is 19.8. The summed E-state index contributed by atoms with van der Waals surface area (Å²) in [6.45, 7) is 2.63. The van der Waals surface area contributed by atoms with Crippen LogP contribution >= 0.6 is 11.6 Å². The Labute approximate surface area is 211 Å². The monoisotopic (exact) mass is 504 g/mol. The summed E-state index contributed by atoms with van der Waals surface area (Å²) in [5.41, 5.74) is 2.54. The fraction of sp³-hybridized carbons (Fsp3) is 0.200. The van der Waals surface area contributed by atoms with Crippen LogP contribution in [-0.4, -0.2) is 63.5 Å². The molecule has 2 aromatic carbocycles. The molecule has 1 aliphatic heterocycles. The first-order valence-corrected chi connectivity index (χ1v) is 11.6. The Balaban J connectivity index is 1.56. The number of nitrogens with zero attached hydrogens (tertiary/aromatic N) is 5. The van der Waals surface area contributed by atoms with Gasteiger partial charge in [0.25, 0.3) is 5.69 Å². The molecule has 0 bridgehead atoms. The standard InChI is InChI=1S/C25H21ClN6O4/c26-24-19(13-17-4-1-2-7-20(17)27-24)22-14-21(16-5-3-6-18(12-16)32(34)35)28-25(29-22)30-23(33)15-31-8-10-36-11-9-31/h1-7,12-14H,8-11,15H2,(H,28,29,30,33). The van der Waals surface area contributed by atoms with Gasteiger partial charge in [-0.25, -0.2) is 15.0 Å². The molecular weight excluding hydrogens is 484 g/mol. The van der Waals surface area contributed by atoms with Crippen molar-refractivity contribution >= 4 is 40.0 Å². The van der Waals surface area contributed by atoms with E-state index in [4.69, 9.17) is 16.3 Å². The van der Waals surface area contributed by atoms with Crippen LogP contribution in [0.4, 0.5) is 11.6 Å². The predicted octanol–water partition coefficient (Wildman–Crippen LogP) is 4.19. The maximum atomic E-state index is 12.8. The summed E-state index contributed by atoms with van der Waals surface area (Å²) in [5, 5.41) is 15.2. The summed E-state index contributed by atoms with van der Waals surface area (Å²) in [6, 6.07) is 17.2. The van der Waals surface area contributed by atoms with Crippen molar-refractivity contribution in [3.63, 3.8) is 0 Å². The number of morpholine rings is 1. The number of carbonyl (C=O) groups is 1. The number of benzene rings is 2. The highest BCUT2D eigenvalue weighted by molar-refractivity contribution is 6.32. The van der Waals surface area contributed by atoms with Gasteiger partial charge in [-0.05, 0) is 18.2 Å². The van der Waals surface area contributed by atoms with Gasteiger partial charge in [0.05, 0.1) is 41.6 Å². The van der Waals surface area contributed by atoms with E-state index in [-0.39, 0.29) is 29.2 Å². The SMILES string of the molecule is O=C(CN1CCOCC1)Nc1nc(-c2cccc([N+](=O)[O-])c2)cc(-c2cc3ccccc3nc2Cl)n1. The van der Waals surface area contributed by atoms with Crippen LogP contribution in [0.5, 0.6) is 0 Å². The van der Waals surface area contributed by atoms with E-state index in [2.05, 4.69) is 20.3 Å². The Kier molecular flexibility index (Phi) is 6.81. The number of pyridine rings is 1. The second-order valence-corrected chi connectivity index (χ2v) is 8.58. The van der Waals surface area contributed by atoms with Gasteiger partial charge in [-0.3, -0.25) is 25.1 Å². The molecule has 3 heterocycles. The number of halogens is 1. The lowest BCUT2D eigenvalue weighted by Gasteiger charge is -2.25. The highest BCUT2D eigenvalue weighted by Crippen LogP contribution is 2.32. The third kappa shape index (κ3) is 5.30. The van der Waals surface area contributed by atoms with Crippen molar-refractivity contribution in [3.8, 4) is 22.5 Å². The van der Waals surface area contributed by atoms with Gasteiger partial charge in [0.15, 0.2) is 0 Å². The topological polar surface area (TPSA) is 123 Å². The Morgan fingerprint density at radius 3 is 2.61 bits per heavy atom. The van der Waals surface area contributed by atoms with Gasteiger partial charge in [-0.2, -0.15) is 0 Å². The number of carbonyl (C=O) groups excluding carboxylic acids is 1. The third-order valence-corrected chi connectivity index (χ3v) is 6.04. The van der Waals surface area contributed by atoms with Crippen LogP contribution in [0.15, 0.2) is 60.7 Å². The number of nitro benzene ring substituents is 1. The average Bonchev–Trinajstić information content (AvgIpc) is 2.88. The van der Waals surface area contributed by atoms with Gasteiger partial charge >= 0.3 is 0 Å². The van der Waals surface area contributed by atoms with Crippen molar-refractivity contribution in [1.82, 2.24) is 19.9 Å². The molecule has 1 aliphatic rings. The minimum absolute atomic E-state index is 0.0662. The van der Waals surface area contributed by atoms with Crippen molar-refractivity contribution < 1.29 is 14.5 Å². The lowest BCUT2D eigenvalue weighted by Crippen LogP contribution is -2.41. The number of hydrogen-bond acceptors (Lipinski definition) is 8. The number of fused-ring (bicyclic) bond motifs is 1. The zero-order valence-electron chi connectivity index (χ0n) is 19.1. The number of ether oxygens (including phenoxy) is 1. The molecule has 0 atom stereocenters. The molecule has 0 spiro atoms. The predicted molar refractivity (Wildman–Crippen MR) is 136 cm³/mol. The Morgan fingerprint density at radius 2 is 1.81 bits per heavy atom. The number of nitrogens with one attached hydrogen (secondary N) is 1. The molecule has 182 valence electrons. The van der Waals surface area contributed by atoms with Gasteiger partial charge in [0.2, 0.25) is 11.9 Å². The lowest BCUT2D eigenvalue weighted by molar-refractivity contribution is -0.384. The van der Waals surface area contributed by atoms with E-state index >= 15 is 0 Å². The van der Waals surface area contributed by atoms with E-state index in [1.54, 1.807) is 18.2 Å². The second-order valence-electron chi connectivity index (χ2n) is 8.23. The number of para-hydroxylation sites is 1. The van der Waals surface area contributed by atoms with Crippen LogP contribution in [0.1, 0.15) is 0 Å². The number of hydrogen-bond donors (Lipinski definition) is 1. The van der Waals surface area contributed by atoms with Crippen LogP contribution in [0.3, 0.4) is 0 Å². The minimum atomic E-state index is -0.471. The van der Waals surface area contributed by atoms with Crippen LogP contribution in [0.25, 0.3) is 33.4 Å². The first kappa shape index (κ1) is 23.7. The quantitative estimate of drug-likeness (QED) is 0.235. The van der Waals surface area contributed by atoms with Gasteiger partial charge < -0.3 is 4.74 Å². The molecule has 1 fully saturated rings. The van der Waals surface area contributed by atoms with Gasteiger partial charge in [0, 0.05) is 41.7 Å². The van der Waals surface area contributed by atoms with Crippen molar-refractivity contribution in [2.24, 2.45) is 0 Å². The molecule has 1 amide bonds. The maximum absolute atomic E-state index is 12.8. The second kappa shape index (κ2) is 10.3. The van der Waals surface area contributed by atoms with Crippen molar-refractivity contribution in [3.05, 3.63) is 75.9 Å².